The lowest BCUT2D eigenvalue weighted by Gasteiger charge is -1.85. The maximum absolute atomic E-state index is 10.5. The van der Waals surface area contributed by atoms with Gasteiger partial charge in [-0.2, -0.15) is 0 Å². The predicted octanol–water partition coefficient (Wildman–Crippen LogP) is 1.02. The van der Waals surface area contributed by atoms with E-state index in [-0.39, 0.29) is 5.56 Å². The second kappa shape index (κ2) is 2.31. The summed E-state index contributed by atoms with van der Waals surface area (Å²) in [6.45, 7) is 3.52. The molecule has 2 nitrogen and oxygen atoms in total. The van der Waals surface area contributed by atoms with E-state index in [1.807, 2.05) is 0 Å². The number of nitrogens with one attached hydrogen (secondary N) is 1. The van der Waals surface area contributed by atoms with Crippen molar-refractivity contribution < 1.29 is 0 Å². The topological polar surface area (TPSA) is 32.9 Å². The summed E-state index contributed by atoms with van der Waals surface area (Å²) in [5, 5.41) is 0. The van der Waals surface area contributed by atoms with Crippen molar-refractivity contribution in [1.82, 2.24) is 4.98 Å². The Morgan fingerprint density at radius 3 is 2.89 bits per heavy atom. The average Bonchev–Trinajstić information content (AvgIpc) is 1.88. The molecule has 0 fully saturated rings. The van der Waals surface area contributed by atoms with Crippen molar-refractivity contribution in [3.05, 3.63) is 40.8 Å². The van der Waals surface area contributed by atoms with E-state index in [4.69, 9.17) is 0 Å². The van der Waals surface area contributed by atoms with Crippen molar-refractivity contribution in [3.63, 3.8) is 0 Å². The van der Waals surface area contributed by atoms with Crippen LogP contribution in [0, 0.1) is 0 Å². The molecule has 2 heteroatoms. The highest BCUT2D eigenvalue weighted by molar-refractivity contribution is 5.44. The zero-order chi connectivity index (χ0) is 6.69. The predicted molar refractivity (Wildman–Crippen MR) is 37.2 cm³/mol. The Labute approximate surface area is 52.9 Å². The maximum atomic E-state index is 10.5. The molecule has 0 radical (unpaired) electrons. The molecule has 1 aromatic heterocycles. The molecule has 1 heterocycles. The van der Waals surface area contributed by atoms with Crippen LogP contribution < -0.4 is 5.56 Å². The van der Waals surface area contributed by atoms with Crippen LogP contribution in [0.3, 0.4) is 0 Å². The van der Waals surface area contributed by atoms with Crippen molar-refractivity contribution >= 4 is 6.08 Å². The van der Waals surface area contributed by atoms with E-state index in [1.165, 1.54) is 6.07 Å². The summed E-state index contributed by atoms with van der Waals surface area (Å²) in [5.41, 5.74) is 0.756. The third-order valence-electron chi connectivity index (χ3n) is 1.03. The fourth-order valence-corrected chi connectivity index (χ4v) is 0.588. The van der Waals surface area contributed by atoms with Crippen LogP contribution in [0.4, 0.5) is 0 Å². The zero-order valence-corrected chi connectivity index (χ0v) is 4.92. The van der Waals surface area contributed by atoms with Crippen molar-refractivity contribution in [1.29, 1.82) is 0 Å². The Morgan fingerprint density at radius 1 is 1.67 bits per heavy atom. The first kappa shape index (κ1) is 5.82. The first-order valence-corrected chi connectivity index (χ1v) is 2.64. The standard InChI is InChI=1S/C7H7NO/c1-2-6-3-4-8-7(9)5-6/h2-5H,1H2,(H,8,9). The van der Waals surface area contributed by atoms with Crippen LogP contribution in [0.5, 0.6) is 0 Å². The van der Waals surface area contributed by atoms with Crippen LogP contribution in [0.2, 0.25) is 0 Å². The monoisotopic (exact) mass is 121 g/mol. The van der Waals surface area contributed by atoms with Gasteiger partial charge in [-0.05, 0) is 11.6 Å². The fourth-order valence-electron chi connectivity index (χ4n) is 0.588. The first-order chi connectivity index (χ1) is 4.33. The van der Waals surface area contributed by atoms with Crippen LogP contribution in [0.15, 0.2) is 29.7 Å². The molecule has 0 saturated heterocycles. The zero-order valence-electron chi connectivity index (χ0n) is 4.92. The van der Waals surface area contributed by atoms with E-state index < -0.39 is 0 Å². The molecule has 0 atom stereocenters. The molecule has 0 unspecified atom stereocenters. The number of aromatic nitrogens is 1. The molecule has 1 aromatic rings. The number of rotatable bonds is 1. The number of pyridine rings is 1. The van der Waals surface area contributed by atoms with E-state index in [0.717, 1.165) is 5.56 Å². The third kappa shape index (κ3) is 1.29. The van der Waals surface area contributed by atoms with E-state index in [1.54, 1.807) is 18.3 Å². The van der Waals surface area contributed by atoms with Gasteiger partial charge in [0.1, 0.15) is 0 Å². The lowest BCUT2D eigenvalue weighted by molar-refractivity contribution is 1.23. The van der Waals surface area contributed by atoms with Gasteiger partial charge in [0.15, 0.2) is 0 Å². The largest absolute Gasteiger partial charge is 0.329 e. The first-order valence-electron chi connectivity index (χ1n) is 2.64. The van der Waals surface area contributed by atoms with Crippen molar-refractivity contribution in [3.8, 4) is 0 Å². The summed E-state index contributed by atoms with van der Waals surface area (Å²) in [6.07, 6.45) is 3.23. The summed E-state index contributed by atoms with van der Waals surface area (Å²) in [4.78, 5) is 13.0. The van der Waals surface area contributed by atoms with E-state index in [2.05, 4.69) is 11.6 Å². The Kier molecular flexibility index (Phi) is 1.49. The van der Waals surface area contributed by atoms with Gasteiger partial charge in [-0.15, -0.1) is 0 Å². The summed E-state index contributed by atoms with van der Waals surface area (Å²) in [5.74, 6) is 0. The smallest absolute Gasteiger partial charge is 0.248 e. The Balaban J connectivity index is 3.23. The van der Waals surface area contributed by atoms with E-state index in [9.17, 15) is 4.79 Å². The highest BCUT2D eigenvalue weighted by atomic mass is 16.1. The van der Waals surface area contributed by atoms with Crippen molar-refractivity contribution in [2.24, 2.45) is 0 Å². The molecule has 9 heavy (non-hydrogen) atoms. The highest BCUT2D eigenvalue weighted by Gasteiger charge is 1.82. The van der Waals surface area contributed by atoms with Crippen molar-refractivity contribution in [2.45, 2.75) is 0 Å². The molecule has 0 bridgehead atoms. The average molecular weight is 121 g/mol. The number of hydrogen-bond donors (Lipinski definition) is 1. The quantitative estimate of drug-likeness (QED) is 0.591. The molecule has 0 aromatic carbocycles. The lowest BCUT2D eigenvalue weighted by Crippen LogP contribution is -2.01. The third-order valence-corrected chi connectivity index (χ3v) is 1.03. The molecule has 1 N–H and O–H groups in total. The highest BCUT2D eigenvalue weighted by Crippen LogP contribution is 1.91. The van der Waals surface area contributed by atoms with Gasteiger partial charge in [-0.25, -0.2) is 0 Å². The van der Waals surface area contributed by atoms with Crippen LogP contribution >= 0.6 is 0 Å². The van der Waals surface area contributed by atoms with Gasteiger partial charge >= 0.3 is 0 Å². The number of hydrogen-bond acceptors (Lipinski definition) is 1. The number of H-pyrrole nitrogens is 1. The van der Waals surface area contributed by atoms with Crippen LogP contribution in [-0.4, -0.2) is 4.98 Å². The van der Waals surface area contributed by atoms with Crippen LogP contribution in [0.25, 0.3) is 6.08 Å². The normalized spacial score (nSPS) is 8.89. The van der Waals surface area contributed by atoms with Gasteiger partial charge in [0.2, 0.25) is 5.56 Å². The molecule has 0 saturated carbocycles. The second-order valence-corrected chi connectivity index (χ2v) is 1.69. The molecule has 0 aliphatic heterocycles. The molecule has 0 spiro atoms. The molecule has 0 aliphatic carbocycles. The van der Waals surface area contributed by atoms with Gasteiger partial charge in [0, 0.05) is 12.3 Å². The second-order valence-electron chi connectivity index (χ2n) is 1.69. The molecular formula is C7H7NO. The van der Waals surface area contributed by atoms with Gasteiger partial charge < -0.3 is 4.98 Å². The summed E-state index contributed by atoms with van der Waals surface area (Å²) >= 11 is 0. The van der Waals surface area contributed by atoms with Crippen LogP contribution in [0.1, 0.15) is 5.56 Å². The minimum absolute atomic E-state index is 0.0904. The molecular weight excluding hydrogens is 114 g/mol. The Hall–Kier alpha value is -1.31. The number of aromatic amines is 1. The minimum Gasteiger partial charge on any atom is -0.329 e. The van der Waals surface area contributed by atoms with Crippen molar-refractivity contribution in [2.75, 3.05) is 0 Å². The molecule has 0 amide bonds. The lowest BCUT2D eigenvalue weighted by atomic mass is 10.3. The van der Waals surface area contributed by atoms with E-state index >= 15 is 0 Å². The molecule has 1 rings (SSSR count). The van der Waals surface area contributed by atoms with Crippen LogP contribution in [-0.2, 0) is 0 Å². The maximum Gasteiger partial charge on any atom is 0.248 e. The Bertz CT molecular complexity index is 262. The van der Waals surface area contributed by atoms with E-state index in [0.29, 0.717) is 0 Å². The SMILES string of the molecule is C=Cc1cc[nH]c(=O)c1. The summed E-state index contributed by atoms with van der Waals surface area (Å²) < 4.78 is 0. The minimum atomic E-state index is -0.0904. The van der Waals surface area contributed by atoms with Gasteiger partial charge in [-0.1, -0.05) is 12.7 Å². The van der Waals surface area contributed by atoms with Gasteiger partial charge in [-0.3, -0.25) is 4.79 Å². The summed E-state index contributed by atoms with van der Waals surface area (Å²) in [7, 11) is 0. The van der Waals surface area contributed by atoms with Gasteiger partial charge in [0.05, 0.1) is 0 Å². The summed E-state index contributed by atoms with van der Waals surface area (Å²) in [6, 6.07) is 3.28. The van der Waals surface area contributed by atoms with Gasteiger partial charge in [0.25, 0.3) is 0 Å². The molecule has 0 aliphatic rings. The fraction of sp³-hybridized carbons (Fsp3) is 0. The molecule has 46 valence electrons. The Morgan fingerprint density at radius 2 is 2.44 bits per heavy atom.